The number of hydrogen-bond donors (Lipinski definition) is 3. The van der Waals surface area contributed by atoms with E-state index in [2.05, 4.69) is 43.7 Å². The largest absolute Gasteiger partial charge is 0.368 e. The first-order valence-corrected chi connectivity index (χ1v) is 11.1. The number of rotatable bonds is 6. The molecular weight excluding hydrogens is 446 g/mol. The van der Waals surface area contributed by atoms with E-state index in [4.69, 9.17) is 0 Å². The SMILES string of the molecule is CCCCNC(=O)N1CCN(c2ccc(NC(=O)Nc3cccc(Br)c3)cc2)CC1. The predicted octanol–water partition coefficient (Wildman–Crippen LogP) is 4.72. The fraction of sp³-hybridized carbons (Fsp3) is 0.364. The van der Waals surface area contributed by atoms with E-state index in [1.54, 1.807) is 0 Å². The van der Waals surface area contributed by atoms with Gasteiger partial charge in [0.05, 0.1) is 0 Å². The van der Waals surface area contributed by atoms with E-state index < -0.39 is 0 Å². The highest BCUT2D eigenvalue weighted by Gasteiger charge is 2.20. The Kier molecular flexibility index (Phi) is 7.96. The van der Waals surface area contributed by atoms with Crippen LogP contribution in [0.5, 0.6) is 0 Å². The zero-order valence-corrected chi connectivity index (χ0v) is 18.7. The van der Waals surface area contributed by atoms with Crippen molar-refractivity contribution in [3.8, 4) is 0 Å². The van der Waals surface area contributed by atoms with Crippen molar-refractivity contribution in [1.82, 2.24) is 10.2 Å². The Bertz CT molecular complexity index is 851. The highest BCUT2D eigenvalue weighted by atomic mass is 79.9. The van der Waals surface area contributed by atoms with Crippen LogP contribution in [0.4, 0.5) is 26.7 Å². The molecule has 1 aliphatic heterocycles. The van der Waals surface area contributed by atoms with Gasteiger partial charge in [-0.3, -0.25) is 0 Å². The number of amides is 4. The number of nitrogens with one attached hydrogen (secondary N) is 3. The van der Waals surface area contributed by atoms with Crippen molar-refractivity contribution in [2.75, 3.05) is 48.3 Å². The van der Waals surface area contributed by atoms with Crippen LogP contribution >= 0.6 is 15.9 Å². The summed E-state index contributed by atoms with van der Waals surface area (Å²) in [6, 6.07) is 14.9. The number of hydrogen-bond acceptors (Lipinski definition) is 3. The van der Waals surface area contributed by atoms with E-state index >= 15 is 0 Å². The lowest BCUT2D eigenvalue weighted by Gasteiger charge is -2.36. The number of urea groups is 2. The van der Waals surface area contributed by atoms with Gasteiger partial charge >= 0.3 is 12.1 Å². The van der Waals surface area contributed by atoms with Gasteiger partial charge in [-0.05, 0) is 48.9 Å². The third-order valence-corrected chi connectivity index (χ3v) is 5.44. The fourth-order valence-electron chi connectivity index (χ4n) is 3.27. The summed E-state index contributed by atoms with van der Waals surface area (Å²) in [5.41, 5.74) is 2.52. The topological polar surface area (TPSA) is 76.7 Å². The molecule has 0 atom stereocenters. The highest BCUT2D eigenvalue weighted by molar-refractivity contribution is 9.10. The minimum absolute atomic E-state index is 0.0270. The van der Waals surface area contributed by atoms with Crippen molar-refractivity contribution in [2.24, 2.45) is 0 Å². The van der Waals surface area contributed by atoms with E-state index in [0.29, 0.717) is 13.1 Å². The van der Waals surface area contributed by atoms with E-state index in [1.165, 1.54) is 0 Å². The molecule has 1 fully saturated rings. The quantitative estimate of drug-likeness (QED) is 0.530. The number of carbonyl (C=O) groups is 2. The van der Waals surface area contributed by atoms with Crippen LogP contribution in [0.3, 0.4) is 0 Å². The highest BCUT2D eigenvalue weighted by Crippen LogP contribution is 2.20. The van der Waals surface area contributed by atoms with Crippen LogP contribution in [0.25, 0.3) is 0 Å². The van der Waals surface area contributed by atoms with Gasteiger partial charge in [0, 0.05) is 54.3 Å². The van der Waals surface area contributed by atoms with Crippen molar-refractivity contribution in [1.29, 1.82) is 0 Å². The summed E-state index contributed by atoms with van der Waals surface area (Å²) >= 11 is 3.39. The smallest absolute Gasteiger partial charge is 0.323 e. The lowest BCUT2D eigenvalue weighted by Crippen LogP contribution is -2.52. The van der Waals surface area contributed by atoms with Gasteiger partial charge in [-0.15, -0.1) is 0 Å². The van der Waals surface area contributed by atoms with Crippen molar-refractivity contribution in [2.45, 2.75) is 19.8 Å². The molecule has 3 rings (SSSR count). The lowest BCUT2D eigenvalue weighted by atomic mass is 10.2. The number of anilines is 3. The van der Waals surface area contributed by atoms with E-state index in [1.807, 2.05) is 53.4 Å². The number of benzene rings is 2. The maximum Gasteiger partial charge on any atom is 0.323 e. The van der Waals surface area contributed by atoms with Crippen molar-refractivity contribution >= 4 is 45.1 Å². The zero-order chi connectivity index (χ0) is 21.3. The predicted molar refractivity (Wildman–Crippen MR) is 125 cm³/mol. The lowest BCUT2D eigenvalue weighted by molar-refractivity contribution is 0.194. The molecule has 0 aromatic heterocycles. The maximum absolute atomic E-state index is 12.2. The van der Waals surface area contributed by atoms with Gasteiger partial charge in [0.2, 0.25) is 0 Å². The average Bonchev–Trinajstić information content (AvgIpc) is 2.74. The van der Waals surface area contributed by atoms with Crippen LogP contribution in [0.15, 0.2) is 53.0 Å². The van der Waals surface area contributed by atoms with E-state index in [-0.39, 0.29) is 12.1 Å². The summed E-state index contributed by atoms with van der Waals surface area (Å²) in [4.78, 5) is 28.5. The molecule has 0 saturated carbocycles. The van der Waals surface area contributed by atoms with E-state index in [0.717, 1.165) is 54.0 Å². The molecule has 0 bridgehead atoms. The number of nitrogens with zero attached hydrogens (tertiary/aromatic N) is 2. The van der Waals surface area contributed by atoms with Crippen LogP contribution < -0.4 is 20.9 Å². The molecule has 7 nitrogen and oxygen atoms in total. The molecule has 160 valence electrons. The Labute approximate surface area is 185 Å². The minimum Gasteiger partial charge on any atom is -0.368 e. The molecule has 4 amide bonds. The molecule has 30 heavy (non-hydrogen) atoms. The fourth-order valence-corrected chi connectivity index (χ4v) is 3.67. The second kappa shape index (κ2) is 10.9. The molecule has 1 saturated heterocycles. The summed E-state index contributed by atoms with van der Waals surface area (Å²) in [6.07, 6.45) is 2.08. The first-order valence-electron chi connectivity index (χ1n) is 10.3. The van der Waals surface area contributed by atoms with Crippen LogP contribution in [-0.2, 0) is 0 Å². The molecule has 1 aliphatic rings. The Balaban J connectivity index is 1.46. The molecule has 3 N–H and O–H groups in total. The molecule has 2 aromatic carbocycles. The summed E-state index contributed by atoms with van der Waals surface area (Å²) in [6.45, 7) is 5.83. The molecular formula is C22H28BrN5O2. The van der Waals surface area contributed by atoms with Crippen molar-refractivity contribution < 1.29 is 9.59 Å². The van der Waals surface area contributed by atoms with Crippen LogP contribution in [0, 0.1) is 0 Å². The number of unbranched alkanes of at least 4 members (excludes halogenated alkanes) is 1. The summed E-state index contributed by atoms with van der Waals surface area (Å²) in [5, 5.41) is 8.62. The summed E-state index contributed by atoms with van der Waals surface area (Å²) < 4.78 is 0.906. The monoisotopic (exact) mass is 473 g/mol. The Morgan fingerprint density at radius 1 is 0.967 bits per heavy atom. The number of halogens is 1. The zero-order valence-electron chi connectivity index (χ0n) is 17.2. The van der Waals surface area contributed by atoms with Crippen LogP contribution in [0.1, 0.15) is 19.8 Å². The molecule has 0 radical (unpaired) electrons. The second-order valence-corrected chi connectivity index (χ2v) is 8.11. The normalized spacial score (nSPS) is 13.7. The molecule has 0 unspecified atom stereocenters. The van der Waals surface area contributed by atoms with Gasteiger partial charge < -0.3 is 25.8 Å². The third kappa shape index (κ3) is 6.38. The first-order chi connectivity index (χ1) is 14.5. The molecule has 0 aliphatic carbocycles. The number of carbonyl (C=O) groups excluding carboxylic acids is 2. The van der Waals surface area contributed by atoms with Crippen molar-refractivity contribution in [3.05, 3.63) is 53.0 Å². The Hall–Kier alpha value is -2.74. The van der Waals surface area contributed by atoms with Gasteiger partial charge in [0.15, 0.2) is 0 Å². The van der Waals surface area contributed by atoms with Gasteiger partial charge in [0.1, 0.15) is 0 Å². The molecule has 8 heteroatoms. The number of piperazine rings is 1. The van der Waals surface area contributed by atoms with Gasteiger partial charge in [-0.25, -0.2) is 9.59 Å². The molecule has 1 heterocycles. The second-order valence-electron chi connectivity index (χ2n) is 7.20. The average molecular weight is 474 g/mol. The maximum atomic E-state index is 12.2. The molecule has 0 spiro atoms. The third-order valence-electron chi connectivity index (χ3n) is 4.95. The summed E-state index contributed by atoms with van der Waals surface area (Å²) in [7, 11) is 0. The molecule has 2 aromatic rings. The van der Waals surface area contributed by atoms with Gasteiger partial charge in [-0.1, -0.05) is 35.3 Å². The van der Waals surface area contributed by atoms with Crippen LogP contribution in [0.2, 0.25) is 0 Å². The minimum atomic E-state index is -0.288. The Morgan fingerprint density at radius 3 is 2.33 bits per heavy atom. The standard InChI is InChI=1S/C22H28BrN5O2/c1-2-3-11-24-22(30)28-14-12-27(13-15-28)20-9-7-18(8-10-20)25-21(29)26-19-6-4-5-17(23)16-19/h4-10,16H,2-3,11-15H2,1H3,(H,24,30)(H2,25,26,29). The van der Waals surface area contributed by atoms with Crippen molar-refractivity contribution in [3.63, 3.8) is 0 Å². The van der Waals surface area contributed by atoms with Crippen LogP contribution in [-0.4, -0.2) is 49.7 Å². The van der Waals surface area contributed by atoms with Gasteiger partial charge in [-0.2, -0.15) is 0 Å². The van der Waals surface area contributed by atoms with E-state index in [9.17, 15) is 9.59 Å². The van der Waals surface area contributed by atoms with Gasteiger partial charge in [0.25, 0.3) is 0 Å². The Morgan fingerprint density at radius 2 is 1.67 bits per heavy atom. The summed E-state index contributed by atoms with van der Waals surface area (Å²) in [5.74, 6) is 0. The first kappa shape index (κ1) is 22.0.